The Labute approximate surface area is 131 Å². The maximum absolute atomic E-state index is 12.1. The molecule has 0 spiro atoms. The number of hydrogen-bond donors (Lipinski definition) is 1. The van der Waals surface area contributed by atoms with Crippen LogP contribution in [0.15, 0.2) is 12.5 Å². The van der Waals surface area contributed by atoms with Crippen LogP contribution < -0.4 is 5.32 Å². The molecule has 22 heavy (non-hydrogen) atoms. The number of carbonyl (C=O) groups excluding carboxylic acids is 1. The lowest BCUT2D eigenvalue weighted by Gasteiger charge is -2.19. The monoisotopic (exact) mass is 339 g/mol. The molecular formula is C13H20F3N3O2S. The summed E-state index contributed by atoms with van der Waals surface area (Å²) in [5.74, 6) is -0.0770. The molecule has 5 nitrogen and oxygen atoms in total. The molecule has 0 saturated heterocycles. The first-order valence-electron chi connectivity index (χ1n) is 6.73. The normalized spacial score (nSPS) is 12.3. The first-order chi connectivity index (χ1) is 10.1. The standard InChI is InChI=1S/C13H20F3N3O2S/c1-12(2,3)21-11(20)18-5-4-10-8-17-9-19(10)6-7-22-13(14,15)16/h8-9H,4-7H2,1-3H3,(H,18,20). The van der Waals surface area contributed by atoms with Crippen molar-refractivity contribution in [2.45, 2.75) is 44.8 Å². The van der Waals surface area contributed by atoms with Crippen molar-refractivity contribution in [3.8, 4) is 0 Å². The Morgan fingerprint density at radius 3 is 2.68 bits per heavy atom. The number of thioether (sulfide) groups is 1. The zero-order valence-electron chi connectivity index (χ0n) is 12.7. The Bertz CT molecular complexity index is 484. The van der Waals surface area contributed by atoms with E-state index in [1.807, 2.05) is 0 Å². The third kappa shape index (κ3) is 8.16. The number of nitrogens with one attached hydrogen (secondary N) is 1. The summed E-state index contributed by atoms with van der Waals surface area (Å²) in [5.41, 5.74) is -4.03. The molecule has 1 rings (SSSR count). The number of alkyl halides is 3. The van der Waals surface area contributed by atoms with E-state index in [-0.39, 0.29) is 24.1 Å². The fourth-order valence-electron chi connectivity index (χ4n) is 1.62. The number of amides is 1. The highest BCUT2D eigenvalue weighted by atomic mass is 32.2. The van der Waals surface area contributed by atoms with Gasteiger partial charge in [0.25, 0.3) is 0 Å². The SMILES string of the molecule is CC(C)(C)OC(=O)NCCc1cncn1CCSC(F)(F)F. The van der Waals surface area contributed by atoms with Crippen LogP contribution >= 0.6 is 11.8 Å². The maximum Gasteiger partial charge on any atom is 0.441 e. The molecule has 126 valence electrons. The molecule has 0 aliphatic rings. The fourth-order valence-corrected chi connectivity index (χ4v) is 2.14. The molecule has 0 atom stereocenters. The lowest BCUT2D eigenvalue weighted by molar-refractivity contribution is -0.0328. The molecule has 0 aromatic carbocycles. The molecule has 1 N–H and O–H groups in total. The average Bonchev–Trinajstić information content (AvgIpc) is 2.73. The van der Waals surface area contributed by atoms with Crippen LogP contribution in [-0.4, -0.2) is 39.1 Å². The third-order valence-corrected chi connectivity index (χ3v) is 3.16. The molecular weight excluding hydrogens is 319 g/mol. The molecule has 0 aliphatic heterocycles. The van der Waals surface area contributed by atoms with Gasteiger partial charge in [0.1, 0.15) is 5.60 Å². The molecule has 0 fully saturated rings. The van der Waals surface area contributed by atoms with Crippen molar-refractivity contribution in [1.29, 1.82) is 0 Å². The van der Waals surface area contributed by atoms with E-state index in [0.717, 1.165) is 5.69 Å². The van der Waals surface area contributed by atoms with Crippen LogP contribution in [0.5, 0.6) is 0 Å². The lowest BCUT2D eigenvalue weighted by Crippen LogP contribution is -2.33. The van der Waals surface area contributed by atoms with E-state index in [0.29, 0.717) is 13.0 Å². The number of halogens is 3. The van der Waals surface area contributed by atoms with Gasteiger partial charge in [-0.2, -0.15) is 13.2 Å². The number of carbonyl (C=O) groups is 1. The molecule has 0 aliphatic carbocycles. The van der Waals surface area contributed by atoms with E-state index in [2.05, 4.69) is 10.3 Å². The summed E-state index contributed by atoms with van der Waals surface area (Å²) >= 11 is -0.0628. The zero-order valence-corrected chi connectivity index (χ0v) is 13.6. The predicted octanol–water partition coefficient (Wildman–Crippen LogP) is 3.20. The first kappa shape index (κ1) is 18.7. The Balaban J connectivity index is 2.35. The average molecular weight is 339 g/mol. The number of aryl methyl sites for hydroxylation is 1. The Kier molecular flexibility index (Phi) is 6.58. The van der Waals surface area contributed by atoms with Crippen molar-refractivity contribution >= 4 is 17.9 Å². The minimum absolute atomic E-state index is 0.0628. The molecule has 1 heterocycles. The quantitative estimate of drug-likeness (QED) is 0.865. The van der Waals surface area contributed by atoms with Gasteiger partial charge in [-0.05, 0) is 32.5 Å². The largest absolute Gasteiger partial charge is 0.444 e. The summed E-state index contributed by atoms with van der Waals surface area (Å²) < 4.78 is 43.0. The van der Waals surface area contributed by atoms with E-state index in [4.69, 9.17) is 4.74 Å². The van der Waals surface area contributed by atoms with Gasteiger partial charge < -0.3 is 14.6 Å². The van der Waals surface area contributed by atoms with Gasteiger partial charge in [0.2, 0.25) is 0 Å². The Morgan fingerprint density at radius 1 is 1.41 bits per heavy atom. The van der Waals surface area contributed by atoms with Crippen molar-refractivity contribution in [2.75, 3.05) is 12.3 Å². The molecule has 1 amide bonds. The number of aromatic nitrogens is 2. The number of hydrogen-bond acceptors (Lipinski definition) is 4. The summed E-state index contributed by atoms with van der Waals surface area (Å²) in [6.45, 7) is 5.83. The summed E-state index contributed by atoms with van der Waals surface area (Å²) in [6, 6.07) is 0. The Morgan fingerprint density at radius 2 is 2.09 bits per heavy atom. The summed E-state index contributed by atoms with van der Waals surface area (Å²) in [6.07, 6.45) is 3.01. The number of ether oxygens (including phenoxy) is 1. The van der Waals surface area contributed by atoms with Crippen LogP contribution in [-0.2, 0) is 17.7 Å². The van der Waals surface area contributed by atoms with Gasteiger partial charge in [0.05, 0.1) is 6.33 Å². The van der Waals surface area contributed by atoms with Crippen LogP contribution in [0.1, 0.15) is 26.5 Å². The summed E-state index contributed by atoms with van der Waals surface area (Å²) in [5, 5.41) is 2.60. The smallest absolute Gasteiger partial charge is 0.441 e. The second-order valence-electron chi connectivity index (χ2n) is 5.55. The van der Waals surface area contributed by atoms with Gasteiger partial charge in [-0.1, -0.05) is 0 Å². The predicted molar refractivity (Wildman–Crippen MR) is 78.7 cm³/mol. The molecule has 0 unspecified atom stereocenters. The first-order valence-corrected chi connectivity index (χ1v) is 7.72. The second-order valence-corrected chi connectivity index (χ2v) is 6.71. The topological polar surface area (TPSA) is 56.1 Å². The number of imidazole rings is 1. The van der Waals surface area contributed by atoms with Crippen LogP contribution in [0.2, 0.25) is 0 Å². The van der Waals surface area contributed by atoms with E-state index in [9.17, 15) is 18.0 Å². The van der Waals surface area contributed by atoms with Crippen molar-refractivity contribution in [3.63, 3.8) is 0 Å². The van der Waals surface area contributed by atoms with Gasteiger partial charge in [-0.3, -0.25) is 0 Å². The van der Waals surface area contributed by atoms with Crippen molar-refractivity contribution in [2.24, 2.45) is 0 Å². The lowest BCUT2D eigenvalue weighted by atomic mass is 10.2. The van der Waals surface area contributed by atoms with Gasteiger partial charge in [0.15, 0.2) is 0 Å². The van der Waals surface area contributed by atoms with Crippen molar-refractivity contribution in [3.05, 3.63) is 18.2 Å². The van der Waals surface area contributed by atoms with Gasteiger partial charge >= 0.3 is 11.6 Å². The van der Waals surface area contributed by atoms with Crippen LogP contribution in [0.4, 0.5) is 18.0 Å². The minimum Gasteiger partial charge on any atom is -0.444 e. The van der Waals surface area contributed by atoms with Crippen LogP contribution in [0, 0.1) is 0 Å². The molecule has 0 saturated carbocycles. The zero-order chi connectivity index (χ0) is 16.8. The highest BCUT2D eigenvalue weighted by Crippen LogP contribution is 2.30. The molecule has 0 radical (unpaired) electrons. The van der Waals surface area contributed by atoms with Gasteiger partial charge in [-0.15, -0.1) is 0 Å². The maximum atomic E-state index is 12.1. The van der Waals surface area contributed by atoms with Crippen LogP contribution in [0.25, 0.3) is 0 Å². The van der Waals surface area contributed by atoms with E-state index >= 15 is 0 Å². The second kappa shape index (κ2) is 7.75. The fraction of sp³-hybridized carbons (Fsp3) is 0.692. The Hall–Kier alpha value is -1.38. The van der Waals surface area contributed by atoms with E-state index < -0.39 is 17.2 Å². The number of nitrogens with zero attached hydrogens (tertiary/aromatic N) is 2. The number of rotatable bonds is 6. The minimum atomic E-state index is -4.22. The molecule has 9 heteroatoms. The van der Waals surface area contributed by atoms with E-state index in [1.54, 1.807) is 31.5 Å². The van der Waals surface area contributed by atoms with Gasteiger partial charge in [0, 0.05) is 37.2 Å². The number of alkyl carbamates (subject to hydrolysis) is 1. The van der Waals surface area contributed by atoms with Gasteiger partial charge in [-0.25, -0.2) is 9.78 Å². The highest BCUT2D eigenvalue weighted by molar-refractivity contribution is 8.00. The summed E-state index contributed by atoms with van der Waals surface area (Å²) in [4.78, 5) is 15.4. The highest BCUT2D eigenvalue weighted by Gasteiger charge is 2.27. The molecule has 0 bridgehead atoms. The molecule has 1 aromatic rings. The van der Waals surface area contributed by atoms with E-state index in [1.165, 1.54) is 6.33 Å². The summed E-state index contributed by atoms with van der Waals surface area (Å²) in [7, 11) is 0. The van der Waals surface area contributed by atoms with Crippen LogP contribution in [0.3, 0.4) is 0 Å². The third-order valence-electron chi connectivity index (χ3n) is 2.45. The van der Waals surface area contributed by atoms with Crippen molar-refractivity contribution < 1.29 is 22.7 Å². The van der Waals surface area contributed by atoms with Crippen molar-refractivity contribution in [1.82, 2.24) is 14.9 Å². The molecule has 1 aromatic heterocycles.